The summed E-state index contributed by atoms with van der Waals surface area (Å²) < 4.78 is 2.19. The first-order valence-electron chi connectivity index (χ1n) is 11.5. The van der Waals surface area contributed by atoms with Crippen molar-refractivity contribution in [2.24, 2.45) is 0 Å². The average molecular weight is 444 g/mol. The van der Waals surface area contributed by atoms with Crippen LogP contribution in [0.15, 0.2) is 103 Å². The number of hydrogen-bond donors (Lipinski definition) is 0. The van der Waals surface area contributed by atoms with Gasteiger partial charge < -0.3 is 4.57 Å². The number of fused-ring (bicyclic) bond motifs is 9. The summed E-state index contributed by atoms with van der Waals surface area (Å²) in [6.07, 6.45) is 0. The van der Waals surface area contributed by atoms with Crippen molar-refractivity contribution < 1.29 is 0 Å². The molecule has 0 aliphatic rings. The van der Waals surface area contributed by atoms with Crippen LogP contribution in [-0.4, -0.2) is 4.57 Å². The topological polar surface area (TPSA) is 52.5 Å². The molecule has 7 rings (SSSR count). The van der Waals surface area contributed by atoms with Gasteiger partial charge in [0.05, 0.1) is 33.9 Å². The molecule has 0 saturated carbocycles. The molecule has 6 aromatic carbocycles. The van der Waals surface area contributed by atoms with Gasteiger partial charge in [0.2, 0.25) is 0 Å². The minimum Gasteiger partial charge on any atom is -0.307 e. The predicted molar refractivity (Wildman–Crippen MR) is 143 cm³/mol. The Labute approximate surface area is 201 Å². The Morgan fingerprint density at radius 1 is 0.543 bits per heavy atom. The lowest BCUT2D eigenvalue weighted by atomic mass is 9.96. The second kappa shape index (κ2) is 7.19. The number of aromatic nitrogens is 1. The third-order valence-electron chi connectivity index (χ3n) is 6.99. The van der Waals surface area contributed by atoms with Gasteiger partial charge >= 0.3 is 0 Å². The van der Waals surface area contributed by atoms with Crippen molar-refractivity contribution in [3.8, 4) is 17.8 Å². The molecular weight excluding hydrogens is 426 g/mol. The predicted octanol–water partition coefficient (Wildman–Crippen LogP) is 7.99. The van der Waals surface area contributed by atoms with E-state index in [1.807, 2.05) is 12.1 Å². The van der Waals surface area contributed by atoms with Crippen LogP contribution in [0.25, 0.3) is 59.8 Å². The number of hydrogen-bond acceptors (Lipinski definition) is 2. The fraction of sp³-hybridized carbons (Fsp3) is 0. The highest BCUT2D eigenvalue weighted by Crippen LogP contribution is 2.43. The third kappa shape index (κ3) is 2.64. The van der Waals surface area contributed by atoms with Crippen LogP contribution in [0.2, 0.25) is 0 Å². The zero-order valence-corrected chi connectivity index (χ0v) is 18.7. The Morgan fingerprint density at radius 2 is 1.17 bits per heavy atom. The minimum atomic E-state index is 0.528. The molecule has 1 aromatic heterocycles. The van der Waals surface area contributed by atoms with Crippen molar-refractivity contribution in [3.63, 3.8) is 0 Å². The molecule has 0 fully saturated rings. The van der Waals surface area contributed by atoms with Crippen molar-refractivity contribution in [1.82, 2.24) is 4.57 Å². The van der Waals surface area contributed by atoms with Gasteiger partial charge in [-0.15, -0.1) is 0 Å². The summed E-state index contributed by atoms with van der Waals surface area (Å²) in [5.74, 6) is 0. The van der Waals surface area contributed by atoms with E-state index in [4.69, 9.17) is 0 Å². The van der Waals surface area contributed by atoms with Crippen molar-refractivity contribution in [2.75, 3.05) is 0 Å². The third-order valence-corrected chi connectivity index (χ3v) is 6.99. The normalized spacial score (nSPS) is 11.4. The van der Waals surface area contributed by atoms with Crippen LogP contribution in [0.5, 0.6) is 0 Å². The lowest BCUT2D eigenvalue weighted by Crippen LogP contribution is -1.99. The van der Waals surface area contributed by atoms with Crippen molar-refractivity contribution in [3.05, 3.63) is 114 Å². The molecular formula is C32H17N3. The Hall–Kier alpha value is -5.12. The van der Waals surface area contributed by atoms with Crippen LogP contribution in [0.3, 0.4) is 0 Å². The molecule has 0 N–H and O–H groups in total. The molecule has 0 bridgehead atoms. The highest BCUT2D eigenvalue weighted by atomic mass is 15.0. The molecule has 3 nitrogen and oxygen atoms in total. The highest BCUT2D eigenvalue weighted by Gasteiger charge is 2.21. The van der Waals surface area contributed by atoms with Gasteiger partial charge in [-0.1, -0.05) is 72.8 Å². The van der Waals surface area contributed by atoms with Gasteiger partial charge in [0.1, 0.15) is 6.07 Å². The second-order valence-corrected chi connectivity index (χ2v) is 8.82. The first-order valence-corrected chi connectivity index (χ1v) is 11.5. The van der Waals surface area contributed by atoms with Gasteiger partial charge in [-0.05, 0) is 57.3 Å². The lowest BCUT2D eigenvalue weighted by Gasteiger charge is -2.13. The Kier molecular flexibility index (Phi) is 3.98. The molecule has 0 amide bonds. The number of nitriles is 2. The standard InChI is InChI=1S/C32H17N3/c33-18-20-13-14-23(19-34)29(15-20)35-30-17-22-8-2-1-7-21(22)16-28(30)31-26-11-5-3-9-24(26)25-10-4-6-12-27(25)32(31)35/h1-17H. The Morgan fingerprint density at radius 3 is 1.89 bits per heavy atom. The van der Waals surface area contributed by atoms with Crippen LogP contribution in [0, 0.1) is 22.7 Å². The molecule has 0 aliphatic heterocycles. The lowest BCUT2D eigenvalue weighted by molar-refractivity contribution is 1.17. The summed E-state index contributed by atoms with van der Waals surface area (Å²) in [5, 5.41) is 29.0. The number of benzene rings is 6. The van der Waals surface area contributed by atoms with E-state index in [0.717, 1.165) is 38.3 Å². The van der Waals surface area contributed by atoms with Crippen LogP contribution in [-0.2, 0) is 0 Å². The number of nitrogens with zero attached hydrogens (tertiary/aromatic N) is 3. The van der Waals surface area contributed by atoms with Crippen LogP contribution >= 0.6 is 0 Å². The average Bonchev–Trinajstić information content (AvgIpc) is 3.25. The Bertz CT molecular complexity index is 2080. The van der Waals surface area contributed by atoms with Gasteiger partial charge in [0, 0.05) is 16.2 Å². The van der Waals surface area contributed by atoms with E-state index in [1.54, 1.807) is 12.1 Å². The molecule has 0 spiro atoms. The quantitative estimate of drug-likeness (QED) is 0.241. The molecule has 0 atom stereocenters. The Balaban J connectivity index is 1.86. The molecule has 0 unspecified atom stereocenters. The van der Waals surface area contributed by atoms with Gasteiger partial charge in [-0.3, -0.25) is 0 Å². The fourth-order valence-electron chi connectivity index (χ4n) is 5.49. The summed E-state index contributed by atoms with van der Waals surface area (Å²) in [6.45, 7) is 0. The molecule has 0 radical (unpaired) electrons. The second-order valence-electron chi connectivity index (χ2n) is 8.82. The maximum atomic E-state index is 10.0. The van der Waals surface area contributed by atoms with E-state index in [0.29, 0.717) is 11.1 Å². The summed E-state index contributed by atoms with van der Waals surface area (Å²) in [4.78, 5) is 0. The fourth-order valence-corrected chi connectivity index (χ4v) is 5.49. The summed E-state index contributed by atoms with van der Waals surface area (Å²) in [6, 6.07) is 39.7. The molecule has 0 saturated heterocycles. The summed E-state index contributed by atoms with van der Waals surface area (Å²) in [5.41, 5.74) is 3.86. The first-order chi connectivity index (χ1) is 17.3. The van der Waals surface area contributed by atoms with E-state index in [1.165, 1.54) is 21.5 Å². The van der Waals surface area contributed by atoms with Gasteiger partial charge in [-0.2, -0.15) is 10.5 Å². The molecule has 3 heteroatoms. The maximum Gasteiger partial charge on any atom is 0.101 e. The minimum absolute atomic E-state index is 0.528. The van der Waals surface area contributed by atoms with E-state index in [9.17, 15) is 10.5 Å². The molecule has 160 valence electrons. The van der Waals surface area contributed by atoms with E-state index in [-0.39, 0.29) is 0 Å². The smallest absolute Gasteiger partial charge is 0.101 e. The van der Waals surface area contributed by atoms with E-state index >= 15 is 0 Å². The van der Waals surface area contributed by atoms with E-state index < -0.39 is 0 Å². The summed E-state index contributed by atoms with van der Waals surface area (Å²) in [7, 11) is 0. The zero-order valence-electron chi connectivity index (χ0n) is 18.7. The monoisotopic (exact) mass is 443 g/mol. The highest BCUT2D eigenvalue weighted by molar-refractivity contribution is 6.33. The van der Waals surface area contributed by atoms with Crippen molar-refractivity contribution in [2.45, 2.75) is 0 Å². The SMILES string of the molecule is N#Cc1ccc(C#N)c(-n2c3cc4ccccc4cc3c3c4ccccc4c4ccccc4c32)c1. The van der Waals surface area contributed by atoms with Crippen LogP contribution in [0.1, 0.15) is 11.1 Å². The molecule has 0 aliphatic carbocycles. The summed E-state index contributed by atoms with van der Waals surface area (Å²) >= 11 is 0. The largest absolute Gasteiger partial charge is 0.307 e. The van der Waals surface area contributed by atoms with Crippen LogP contribution in [0.4, 0.5) is 0 Å². The van der Waals surface area contributed by atoms with E-state index in [2.05, 4.69) is 95.6 Å². The van der Waals surface area contributed by atoms with Gasteiger partial charge in [0.25, 0.3) is 0 Å². The molecule has 7 aromatic rings. The van der Waals surface area contributed by atoms with Crippen LogP contribution < -0.4 is 0 Å². The van der Waals surface area contributed by atoms with Gasteiger partial charge in [0.15, 0.2) is 0 Å². The maximum absolute atomic E-state index is 10.0. The van der Waals surface area contributed by atoms with Crippen molar-refractivity contribution >= 4 is 54.1 Å². The van der Waals surface area contributed by atoms with Gasteiger partial charge in [-0.25, -0.2) is 0 Å². The number of rotatable bonds is 1. The molecule has 1 heterocycles. The zero-order chi connectivity index (χ0) is 23.5. The molecule has 35 heavy (non-hydrogen) atoms. The first kappa shape index (κ1) is 19.4. The van der Waals surface area contributed by atoms with Crippen molar-refractivity contribution in [1.29, 1.82) is 10.5 Å².